The number of fused-ring (bicyclic) bond motifs is 1. The van der Waals surface area contributed by atoms with Crippen LogP contribution in [0.25, 0.3) is 5.65 Å². The average Bonchev–Trinajstić information content (AvgIpc) is 3.41. The van der Waals surface area contributed by atoms with Crippen LogP contribution in [0.5, 0.6) is 0 Å². The van der Waals surface area contributed by atoms with Gasteiger partial charge in [-0.25, -0.2) is 9.97 Å². The standard InChI is InChI=1S/C22H31N9/c1-4-17-12-16(13-18(5-2)31(17)9-6-7-23)25-21-22-24-8-10-30(22)14-20(27-21)26-19-11-15(3)28-29-19/h8,10-11,14,16-18H,4-6,9,12-13H2,1-3H3,(H,25,27)(H2,26,28,29). The second kappa shape index (κ2) is 9.35. The molecule has 164 valence electrons. The number of hydrogen-bond acceptors (Lipinski definition) is 7. The van der Waals surface area contributed by atoms with Gasteiger partial charge in [0, 0.05) is 55.2 Å². The van der Waals surface area contributed by atoms with Crippen LogP contribution in [0.15, 0.2) is 24.7 Å². The van der Waals surface area contributed by atoms with Crippen molar-refractivity contribution in [2.75, 3.05) is 17.2 Å². The number of aromatic nitrogens is 5. The lowest BCUT2D eigenvalue weighted by Crippen LogP contribution is -2.52. The van der Waals surface area contributed by atoms with E-state index in [9.17, 15) is 0 Å². The number of nitriles is 1. The van der Waals surface area contributed by atoms with E-state index in [-0.39, 0.29) is 0 Å². The molecule has 2 atom stereocenters. The van der Waals surface area contributed by atoms with Crippen molar-refractivity contribution >= 4 is 23.1 Å². The lowest BCUT2D eigenvalue weighted by molar-refractivity contribution is 0.0735. The minimum Gasteiger partial charge on any atom is -0.364 e. The Labute approximate surface area is 182 Å². The Hall–Kier alpha value is -3.12. The van der Waals surface area contributed by atoms with Crippen LogP contribution in [0.2, 0.25) is 0 Å². The van der Waals surface area contributed by atoms with Crippen molar-refractivity contribution in [1.29, 1.82) is 5.26 Å². The molecule has 0 bridgehead atoms. The Kier molecular flexibility index (Phi) is 6.37. The fraction of sp³-hybridized carbons (Fsp3) is 0.545. The summed E-state index contributed by atoms with van der Waals surface area (Å²) < 4.78 is 1.98. The molecule has 0 aliphatic carbocycles. The Balaban J connectivity index is 1.56. The van der Waals surface area contributed by atoms with Crippen LogP contribution in [-0.2, 0) is 0 Å². The lowest BCUT2D eigenvalue weighted by atomic mass is 9.88. The average molecular weight is 422 g/mol. The molecule has 3 aromatic heterocycles. The number of hydrogen-bond donors (Lipinski definition) is 3. The quantitative estimate of drug-likeness (QED) is 0.507. The third-order valence-electron chi connectivity index (χ3n) is 6.15. The highest BCUT2D eigenvalue weighted by Gasteiger charge is 2.34. The predicted octanol–water partition coefficient (Wildman–Crippen LogP) is 3.85. The number of nitrogens with one attached hydrogen (secondary N) is 3. The van der Waals surface area contributed by atoms with E-state index in [4.69, 9.17) is 10.2 Å². The highest BCUT2D eigenvalue weighted by atomic mass is 15.2. The molecule has 1 aliphatic heterocycles. The molecule has 9 heteroatoms. The third kappa shape index (κ3) is 4.64. The van der Waals surface area contributed by atoms with Crippen LogP contribution in [0, 0.1) is 18.3 Å². The van der Waals surface area contributed by atoms with Crippen molar-refractivity contribution in [2.45, 2.75) is 71.0 Å². The molecule has 0 spiro atoms. The molecule has 0 aromatic carbocycles. The first kappa shape index (κ1) is 21.1. The third-order valence-corrected chi connectivity index (χ3v) is 6.15. The molecule has 0 saturated carbocycles. The Morgan fingerprint density at radius 2 is 2.00 bits per heavy atom. The van der Waals surface area contributed by atoms with Gasteiger partial charge in [0.25, 0.3) is 0 Å². The first-order chi connectivity index (χ1) is 15.1. The number of anilines is 3. The van der Waals surface area contributed by atoms with Gasteiger partial charge in [0.15, 0.2) is 23.1 Å². The van der Waals surface area contributed by atoms with Crippen molar-refractivity contribution < 1.29 is 0 Å². The number of imidazole rings is 1. The van der Waals surface area contributed by atoms with Crippen LogP contribution in [0.1, 0.15) is 51.6 Å². The predicted molar refractivity (Wildman–Crippen MR) is 121 cm³/mol. The topological polar surface area (TPSA) is 110 Å². The van der Waals surface area contributed by atoms with Crippen LogP contribution in [0.4, 0.5) is 17.5 Å². The van der Waals surface area contributed by atoms with E-state index < -0.39 is 0 Å². The first-order valence-corrected chi connectivity index (χ1v) is 11.1. The summed E-state index contributed by atoms with van der Waals surface area (Å²) >= 11 is 0. The van der Waals surface area contributed by atoms with Crippen LogP contribution >= 0.6 is 0 Å². The van der Waals surface area contributed by atoms with Gasteiger partial charge in [-0.3, -0.25) is 10.00 Å². The lowest BCUT2D eigenvalue weighted by Gasteiger charge is -2.45. The van der Waals surface area contributed by atoms with Gasteiger partial charge < -0.3 is 15.0 Å². The molecular formula is C22H31N9. The van der Waals surface area contributed by atoms with E-state index in [0.29, 0.717) is 30.4 Å². The summed E-state index contributed by atoms with van der Waals surface area (Å²) in [5.41, 5.74) is 1.81. The summed E-state index contributed by atoms with van der Waals surface area (Å²) in [6.45, 7) is 7.29. The largest absolute Gasteiger partial charge is 0.364 e. The Morgan fingerprint density at radius 1 is 1.23 bits per heavy atom. The maximum absolute atomic E-state index is 9.06. The molecular weight excluding hydrogens is 390 g/mol. The molecule has 4 rings (SSSR count). The maximum Gasteiger partial charge on any atom is 0.180 e. The molecule has 0 amide bonds. The van der Waals surface area contributed by atoms with Gasteiger partial charge >= 0.3 is 0 Å². The van der Waals surface area contributed by atoms with Crippen LogP contribution in [-0.4, -0.2) is 54.1 Å². The van der Waals surface area contributed by atoms with Crippen molar-refractivity contribution in [1.82, 2.24) is 29.5 Å². The number of aryl methyl sites for hydroxylation is 1. The van der Waals surface area contributed by atoms with Crippen molar-refractivity contribution in [3.63, 3.8) is 0 Å². The fourth-order valence-electron chi connectivity index (χ4n) is 4.68. The maximum atomic E-state index is 9.06. The second-order valence-electron chi connectivity index (χ2n) is 8.28. The van der Waals surface area contributed by atoms with Gasteiger partial charge in [-0.05, 0) is 32.6 Å². The second-order valence-corrected chi connectivity index (χ2v) is 8.28. The zero-order valence-corrected chi connectivity index (χ0v) is 18.5. The summed E-state index contributed by atoms with van der Waals surface area (Å²) in [5, 5.41) is 23.2. The highest BCUT2D eigenvalue weighted by molar-refractivity contribution is 5.67. The van der Waals surface area contributed by atoms with Gasteiger partial charge in [-0.15, -0.1) is 0 Å². The molecule has 9 nitrogen and oxygen atoms in total. The highest BCUT2D eigenvalue weighted by Crippen LogP contribution is 2.30. The fourth-order valence-corrected chi connectivity index (χ4v) is 4.68. The molecule has 3 N–H and O–H groups in total. The number of rotatable bonds is 8. The summed E-state index contributed by atoms with van der Waals surface area (Å²) in [5.74, 6) is 2.23. The van der Waals surface area contributed by atoms with E-state index in [0.717, 1.165) is 55.2 Å². The molecule has 1 aliphatic rings. The van der Waals surface area contributed by atoms with Crippen LogP contribution < -0.4 is 10.6 Å². The summed E-state index contributed by atoms with van der Waals surface area (Å²) in [4.78, 5) is 11.9. The van der Waals surface area contributed by atoms with Gasteiger partial charge in [0.1, 0.15) is 0 Å². The summed E-state index contributed by atoms with van der Waals surface area (Å²) in [6, 6.07) is 5.50. The Morgan fingerprint density at radius 3 is 2.65 bits per heavy atom. The molecule has 2 unspecified atom stereocenters. The minimum atomic E-state index is 0.309. The number of H-pyrrole nitrogens is 1. The van der Waals surface area contributed by atoms with Crippen molar-refractivity contribution in [3.05, 3.63) is 30.4 Å². The monoisotopic (exact) mass is 421 g/mol. The van der Waals surface area contributed by atoms with Crippen LogP contribution in [0.3, 0.4) is 0 Å². The van der Waals surface area contributed by atoms with Gasteiger partial charge in [-0.2, -0.15) is 10.4 Å². The zero-order chi connectivity index (χ0) is 21.8. The molecule has 0 radical (unpaired) electrons. The number of piperidine rings is 1. The first-order valence-electron chi connectivity index (χ1n) is 11.1. The molecule has 31 heavy (non-hydrogen) atoms. The number of aromatic amines is 1. The molecule has 3 aromatic rings. The molecule has 1 saturated heterocycles. The van der Waals surface area contributed by atoms with E-state index in [1.165, 1.54) is 0 Å². The molecule has 4 heterocycles. The molecule has 1 fully saturated rings. The van der Waals surface area contributed by atoms with Gasteiger partial charge in [0.2, 0.25) is 0 Å². The minimum absolute atomic E-state index is 0.309. The van der Waals surface area contributed by atoms with Crippen molar-refractivity contribution in [2.24, 2.45) is 0 Å². The van der Waals surface area contributed by atoms with E-state index in [2.05, 4.69) is 50.6 Å². The SMILES string of the molecule is CCC1CC(Nc2nc(Nc3cc(C)[nH]n3)cn3ccnc23)CC(CC)N1CCC#N. The Bertz CT molecular complexity index is 1030. The van der Waals surface area contributed by atoms with E-state index >= 15 is 0 Å². The van der Waals surface area contributed by atoms with E-state index in [1.807, 2.05) is 29.8 Å². The van der Waals surface area contributed by atoms with Gasteiger partial charge in [0.05, 0.1) is 12.3 Å². The number of likely N-dealkylation sites (tertiary alicyclic amines) is 1. The van der Waals surface area contributed by atoms with Crippen molar-refractivity contribution in [3.8, 4) is 6.07 Å². The van der Waals surface area contributed by atoms with Gasteiger partial charge in [-0.1, -0.05) is 13.8 Å². The smallest absolute Gasteiger partial charge is 0.180 e. The normalized spacial score (nSPS) is 21.8. The number of nitrogens with zero attached hydrogens (tertiary/aromatic N) is 6. The zero-order valence-electron chi connectivity index (χ0n) is 18.5. The summed E-state index contributed by atoms with van der Waals surface area (Å²) in [7, 11) is 0. The van der Waals surface area contributed by atoms with E-state index in [1.54, 1.807) is 6.20 Å². The summed E-state index contributed by atoms with van der Waals surface area (Å²) in [6.07, 6.45) is 10.4.